The monoisotopic (exact) mass is 385 g/mol. The van der Waals surface area contributed by atoms with Crippen LogP contribution in [-0.4, -0.2) is 15.7 Å². The summed E-state index contributed by atoms with van der Waals surface area (Å²) in [6, 6.07) is 16.8. The second-order valence-electron chi connectivity index (χ2n) is 5.05. The number of rotatable bonds is 5. The van der Waals surface area contributed by atoms with Crippen LogP contribution in [-0.2, 0) is 6.54 Å². The Labute approximate surface area is 148 Å². The number of hydrogen-bond acceptors (Lipinski definition) is 3. The molecule has 1 amide bonds. The SMILES string of the molecule is CCn1ncc(Br)c1C(=O)Nc1ccc(Oc2ccccc2)cc1. The number of carbonyl (C=O) groups excluding carboxylic acids is 1. The quantitative estimate of drug-likeness (QED) is 0.691. The van der Waals surface area contributed by atoms with Crippen molar-refractivity contribution < 1.29 is 9.53 Å². The molecule has 6 heteroatoms. The van der Waals surface area contributed by atoms with Crippen LogP contribution in [0.15, 0.2) is 65.3 Å². The van der Waals surface area contributed by atoms with Crippen molar-refractivity contribution in [2.75, 3.05) is 5.32 Å². The summed E-state index contributed by atoms with van der Waals surface area (Å²) < 4.78 is 8.05. The Hall–Kier alpha value is -2.60. The van der Waals surface area contributed by atoms with Crippen molar-refractivity contribution in [3.63, 3.8) is 0 Å². The first kappa shape index (κ1) is 16.3. The Bertz CT molecular complexity index is 829. The van der Waals surface area contributed by atoms with E-state index in [2.05, 4.69) is 26.3 Å². The third kappa shape index (κ3) is 3.65. The molecule has 0 atom stereocenters. The van der Waals surface area contributed by atoms with Gasteiger partial charge in [-0.15, -0.1) is 0 Å². The molecule has 0 saturated carbocycles. The largest absolute Gasteiger partial charge is 0.457 e. The molecule has 1 N–H and O–H groups in total. The number of benzene rings is 2. The van der Waals surface area contributed by atoms with E-state index < -0.39 is 0 Å². The van der Waals surface area contributed by atoms with Crippen LogP contribution in [0.1, 0.15) is 17.4 Å². The molecular formula is C18H16BrN3O2. The van der Waals surface area contributed by atoms with Gasteiger partial charge in [-0.25, -0.2) is 0 Å². The molecule has 1 heterocycles. The average molecular weight is 386 g/mol. The zero-order chi connectivity index (χ0) is 16.9. The zero-order valence-corrected chi connectivity index (χ0v) is 14.7. The van der Waals surface area contributed by atoms with Crippen LogP contribution in [0, 0.1) is 0 Å². The van der Waals surface area contributed by atoms with E-state index in [0.29, 0.717) is 28.1 Å². The number of aromatic nitrogens is 2. The predicted molar refractivity (Wildman–Crippen MR) is 96.5 cm³/mol. The molecule has 0 aliphatic heterocycles. The molecule has 3 aromatic rings. The standard InChI is InChI=1S/C18H16BrN3O2/c1-2-22-17(16(19)12-20-22)18(23)21-13-8-10-15(11-9-13)24-14-6-4-3-5-7-14/h3-12H,2H2,1H3,(H,21,23). The van der Waals surface area contributed by atoms with Crippen molar-refractivity contribution in [1.82, 2.24) is 9.78 Å². The van der Waals surface area contributed by atoms with Crippen molar-refractivity contribution in [2.24, 2.45) is 0 Å². The van der Waals surface area contributed by atoms with Crippen molar-refractivity contribution in [3.05, 3.63) is 71.0 Å². The van der Waals surface area contributed by atoms with Gasteiger partial charge >= 0.3 is 0 Å². The molecule has 0 bridgehead atoms. The Balaban J connectivity index is 1.70. The number of ether oxygens (including phenoxy) is 1. The maximum Gasteiger partial charge on any atom is 0.275 e. The highest BCUT2D eigenvalue weighted by molar-refractivity contribution is 9.10. The fourth-order valence-electron chi connectivity index (χ4n) is 2.25. The lowest BCUT2D eigenvalue weighted by Gasteiger charge is -2.09. The maximum absolute atomic E-state index is 12.4. The Kier molecular flexibility index (Phi) is 4.96. The van der Waals surface area contributed by atoms with Gasteiger partial charge in [0.15, 0.2) is 0 Å². The molecule has 0 unspecified atom stereocenters. The second kappa shape index (κ2) is 7.31. The van der Waals surface area contributed by atoms with Crippen LogP contribution < -0.4 is 10.1 Å². The number of hydrogen-bond donors (Lipinski definition) is 1. The van der Waals surface area contributed by atoms with E-state index >= 15 is 0 Å². The Morgan fingerprint density at radius 1 is 1.12 bits per heavy atom. The number of aryl methyl sites for hydroxylation is 1. The van der Waals surface area contributed by atoms with E-state index in [-0.39, 0.29) is 5.91 Å². The Morgan fingerprint density at radius 2 is 1.79 bits per heavy atom. The summed E-state index contributed by atoms with van der Waals surface area (Å²) in [5.41, 5.74) is 1.19. The summed E-state index contributed by atoms with van der Waals surface area (Å²) >= 11 is 3.36. The third-order valence-corrected chi connectivity index (χ3v) is 3.98. The summed E-state index contributed by atoms with van der Waals surface area (Å²) in [5.74, 6) is 1.27. The molecule has 0 radical (unpaired) electrons. The number of para-hydroxylation sites is 1. The lowest BCUT2D eigenvalue weighted by atomic mass is 10.3. The van der Waals surface area contributed by atoms with Crippen molar-refractivity contribution in [3.8, 4) is 11.5 Å². The number of nitrogens with zero attached hydrogens (tertiary/aromatic N) is 2. The third-order valence-electron chi connectivity index (χ3n) is 3.40. The van der Waals surface area contributed by atoms with E-state index in [1.165, 1.54) is 0 Å². The first-order chi connectivity index (χ1) is 11.7. The minimum atomic E-state index is -0.210. The molecule has 1 aromatic heterocycles. The number of anilines is 1. The van der Waals surface area contributed by atoms with Gasteiger partial charge in [0.1, 0.15) is 17.2 Å². The molecule has 3 rings (SSSR count). The van der Waals surface area contributed by atoms with Crippen LogP contribution >= 0.6 is 15.9 Å². The van der Waals surface area contributed by atoms with E-state index in [4.69, 9.17) is 4.74 Å². The van der Waals surface area contributed by atoms with Crippen molar-refractivity contribution in [1.29, 1.82) is 0 Å². The van der Waals surface area contributed by atoms with Gasteiger partial charge in [-0.1, -0.05) is 18.2 Å². The second-order valence-corrected chi connectivity index (χ2v) is 5.90. The Morgan fingerprint density at radius 3 is 2.46 bits per heavy atom. The van der Waals surface area contributed by atoms with Crippen molar-refractivity contribution >= 4 is 27.5 Å². The molecule has 5 nitrogen and oxygen atoms in total. The predicted octanol–water partition coefficient (Wildman–Crippen LogP) is 4.71. The molecule has 0 saturated heterocycles. The van der Waals surface area contributed by atoms with Gasteiger partial charge in [0, 0.05) is 12.2 Å². The normalized spacial score (nSPS) is 10.4. The molecule has 122 valence electrons. The first-order valence-corrected chi connectivity index (χ1v) is 8.32. The van der Waals surface area contributed by atoms with Crippen LogP contribution in [0.3, 0.4) is 0 Å². The average Bonchev–Trinajstić information content (AvgIpc) is 2.98. The van der Waals surface area contributed by atoms with Gasteiger partial charge in [-0.05, 0) is 59.3 Å². The molecule has 0 aliphatic carbocycles. The molecule has 0 aliphatic rings. The van der Waals surface area contributed by atoms with Crippen LogP contribution in [0.2, 0.25) is 0 Å². The molecule has 2 aromatic carbocycles. The summed E-state index contributed by atoms with van der Waals surface area (Å²) in [5, 5.41) is 7.01. The van der Waals surface area contributed by atoms with Gasteiger partial charge in [0.2, 0.25) is 0 Å². The van der Waals surface area contributed by atoms with E-state index in [0.717, 1.165) is 5.75 Å². The number of halogens is 1. The summed E-state index contributed by atoms with van der Waals surface area (Å²) in [7, 11) is 0. The summed E-state index contributed by atoms with van der Waals surface area (Å²) in [6.45, 7) is 2.56. The highest BCUT2D eigenvalue weighted by Crippen LogP contribution is 2.23. The number of amides is 1. The van der Waals surface area contributed by atoms with E-state index in [1.54, 1.807) is 23.0 Å². The van der Waals surface area contributed by atoms with E-state index in [9.17, 15) is 4.79 Å². The first-order valence-electron chi connectivity index (χ1n) is 7.53. The maximum atomic E-state index is 12.4. The molecule has 0 fully saturated rings. The van der Waals surface area contributed by atoms with Crippen LogP contribution in [0.4, 0.5) is 5.69 Å². The summed E-state index contributed by atoms with van der Waals surface area (Å²) in [6.07, 6.45) is 1.62. The van der Waals surface area contributed by atoms with Gasteiger partial charge in [0.05, 0.1) is 10.7 Å². The highest BCUT2D eigenvalue weighted by Gasteiger charge is 2.16. The topological polar surface area (TPSA) is 56.2 Å². The van der Waals surface area contributed by atoms with Crippen molar-refractivity contribution in [2.45, 2.75) is 13.5 Å². The fourth-order valence-corrected chi connectivity index (χ4v) is 2.73. The fraction of sp³-hybridized carbons (Fsp3) is 0.111. The molecular weight excluding hydrogens is 370 g/mol. The molecule has 0 spiro atoms. The zero-order valence-electron chi connectivity index (χ0n) is 13.1. The molecule has 24 heavy (non-hydrogen) atoms. The number of nitrogens with one attached hydrogen (secondary N) is 1. The van der Waals surface area contributed by atoms with Gasteiger partial charge in [0.25, 0.3) is 5.91 Å². The minimum Gasteiger partial charge on any atom is -0.457 e. The lowest BCUT2D eigenvalue weighted by molar-refractivity contribution is 0.101. The van der Waals surface area contributed by atoms with Crippen LogP contribution in [0.5, 0.6) is 11.5 Å². The van der Waals surface area contributed by atoms with Gasteiger partial charge in [-0.2, -0.15) is 5.10 Å². The van der Waals surface area contributed by atoms with E-state index in [1.807, 2.05) is 49.4 Å². The van der Waals surface area contributed by atoms with Crippen LogP contribution in [0.25, 0.3) is 0 Å². The van der Waals surface area contributed by atoms with Gasteiger partial charge in [-0.3, -0.25) is 9.48 Å². The lowest BCUT2D eigenvalue weighted by Crippen LogP contribution is -2.17. The number of carbonyl (C=O) groups is 1. The smallest absolute Gasteiger partial charge is 0.275 e. The van der Waals surface area contributed by atoms with Gasteiger partial charge < -0.3 is 10.1 Å². The summed E-state index contributed by atoms with van der Waals surface area (Å²) in [4.78, 5) is 12.4. The highest BCUT2D eigenvalue weighted by atomic mass is 79.9. The minimum absolute atomic E-state index is 0.210.